The van der Waals surface area contributed by atoms with Crippen LogP contribution in [0.4, 0.5) is 0 Å². The summed E-state index contributed by atoms with van der Waals surface area (Å²) in [6.45, 7) is 9.89. The second-order valence-corrected chi connectivity index (χ2v) is 9.47. The Bertz CT molecular complexity index is 755. The van der Waals surface area contributed by atoms with Gasteiger partial charge in [-0.05, 0) is 50.5 Å². The van der Waals surface area contributed by atoms with Crippen LogP contribution < -0.4 is 0 Å². The van der Waals surface area contributed by atoms with E-state index in [1.165, 1.54) is 0 Å². The highest BCUT2D eigenvalue weighted by atomic mass is 16.5. The van der Waals surface area contributed by atoms with E-state index in [1.807, 2.05) is 22.8 Å². The standard InChI is InChI=1S/C23H34N2O4/c1-16(2)20-13-19(17(3)29-20)22(27)24-10-8-23(9-11-24)7-6-21(26)25(15-23)14-18-5-4-12-28-18/h13,16,18H,4-12,14-15H2,1-3H3. The first-order valence-electron chi connectivity index (χ1n) is 11.2. The molecule has 3 aliphatic heterocycles. The van der Waals surface area contributed by atoms with Crippen LogP contribution in [-0.2, 0) is 9.53 Å². The first-order chi connectivity index (χ1) is 13.9. The Morgan fingerprint density at radius 1 is 1.28 bits per heavy atom. The molecule has 3 fully saturated rings. The highest BCUT2D eigenvalue weighted by molar-refractivity contribution is 5.95. The Hall–Kier alpha value is -1.82. The van der Waals surface area contributed by atoms with Crippen molar-refractivity contribution in [2.24, 2.45) is 5.41 Å². The van der Waals surface area contributed by atoms with Gasteiger partial charge in [0.05, 0.1) is 11.7 Å². The van der Waals surface area contributed by atoms with Crippen molar-refractivity contribution in [2.45, 2.75) is 71.3 Å². The average Bonchev–Trinajstić information content (AvgIpc) is 3.35. The lowest BCUT2D eigenvalue weighted by atomic mass is 9.72. The maximum Gasteiger partial charge on any atom is 0.257 e. The zero-order chi connectivity index (χ0) is 20.6. The third kappa shape index (κ3) is 4.23. The van der Waals surface area contributed by atoms with Gasteiger partial charge in [0.25, 0.3) is 5.91 Å². The van der Waals surface area contributed by atoms with Crippen molar-refractivity contribution < 1.29 is 18.7 Å². The first kappa shape index (κ1) is 20.5. The monoisotopic (exact) mass is 402 g/mol. The van der Waals surface area contributed by atoms with Gasteiger partial charge < -0.3 is 19.0 Å². The minimum Gasteiger partial charge on any atom is -0.465 e. The molecule has 29 heavy (non-hydrogen) atoms. The van der Waals surface area contributed by atoms with Crippen LogP contribution in [-0.4, -0.2) is 60.5 Å². The maximum atomic E-state index is 13.1. The smallest absolute Gasteiger partial charge is 0.257 e. The summed E-state index contributed by atoms with van der Waals surface area (Å²) in [4.78, 5) is 29.5. The predicted molar refractivity (Wildman–Crippen MR) is 110 cm³/mol. The molecule has 4 heterocycles. The van der Waals surface area contributed by atoms with Crippen LogP contribution in [0.3, 0.4) is 0 Å². The first-order valence-corrected chi connectivity index (χ1v) is 11.2. The van der Waals surface area contributed by atoms with Crippen molar-refractivity contribution in [3.05, 3.63) is 23.2 Å². The number of likely N-dealkylation sites (tertiary alicyclic amines) is 2. The van der Waals surface area contributed by atoms with Crippen LogP contribution in [0, 0.1) is 12.3 Å². The molecule has 1 spiro atoms. The molecule has 1 aromatic heterocycles. The molecule has 0 radical (unpaired) electrons. The van der Waals surface area contributed by atoms with Crippen LogP contribution in [0.5, 0.6) is 0 Å². The van der Waals surface area contributed by atoms with Crippen molar-refractivity contribution in [3.63, 3.8) is 0 Å². The van der Waals surface area contributed by atoms with Gasteiger partial charge >= 0.3 is 0 Å². The largest absolute Gasteiger partial charge is 0.465 e. The summed E-state index contributed by atoms with van der Waals surface area (Å²) in [5, 5.41) is 0. The molecule has 3 saturated heterocycles. The molecule has 160 valence electrons. The zero-order valence-electron chi connectivity index (χ0n) is 18.0. The molecule has 6 nitrogen and oxygen atoms in total. The van der Waals surface area contributed by atoms with E-state index in [4.69, 9.17) is 9.15 Å². The van der Waals surface area contributed by atoms with Crippen molar-refractivity contribution in [3.8, 4) is 0 Å². The number of nitrogens with zero attached hydrogens (tertiary/aromatic N) is 2. The van der Waals surface area contributed by atoms with Crippen LogP contribution in [0.25, 0.3) is 0 Å². The number of carbonyl (C=O) groups excluding carboxylic acids is 2. The van der Waals surface area contributed by atoms with Crippen LogP contribution in [0.15, 0.2) is 10.5 Å². The Kier molecular flexibility index (Phi) is 5.74. The molecule has 1 unspecified atom stereocenters. The summed E-state index contributed by atoms with van der Waals surface area (Å²) in [7, 11) is 0. The Balaban J connectivity index is 1.38. The van der Waals surface area contributed by atoms with E-state index in [2.05, 4.69) is 13.8 Å². The lowest BCUT2D eigenvalue weighted by Gasteiger charge is -2.47. The third-order valence-electron chi connectivity index (χ3n) is 7.04. The number of aryl methyl sites for hydroxylation is 1. The number of carbonyl (C=O) groups is 2. The SMILES string of the molecule is Cc1oc(C(C)C)cc1C(=O)N1CCC2(CCC(=O)N(CC3CCCO3)C2)CC1. The van der Waals surface area contributed by atoms with Gasteiger partial charge in [-0.1, -0.05) is 13.8 Å². The molecule has 2 amide bonds. The van der Waals surface area contributed by atoms with Crippen molar-refractivity contribution in [1.82, 2.24) is 9.80 Å². The number of furan rings is 1. The highest BCUT2D eigenvalue weighted by Crippen LogP contribution is 2.41. The maximum absolute atomic E-state index is 13.1. The number of hydrogen-bond acceptors (Lipinski definition) is 4. The lowest BCUT2D eigenvalue weighted by Crippen LogP contribution is -2.53. The fourth-order valence-electron chi connectivity index (χ4n) is 5.07. The van der Waals surface area contributed by atoms with Crippen molar-refractivity contribution in [2.75, 3.05) is 32.8 Å². The van der Waals surface area contributed by atoms with Crippen molar-refractivity contribution >= 4 is 11.8 Å². The number of ether oxygens (including phenoxy) is 1. The topological polar surface area (TPSA) is 63.0 Å². The molecule has 3 aliphatic rings. The molecular weight excluding hydrogens is 368 g/mol. The molecule has 4 rings (SSSR count). The summed E-state index contributed by atoms with van der Waals surface area (Å²) in [5.74, 6) is 2.20. The van der Waals surface area contributed by atoms with E-state index < -0.39 is 0 Å². The molecular formula is C23H34N2O4. The molecule has 1 atom stereocenters. The molecule has 0 aliphatic carbocycles. The minimum atomic E-state index is 0.0797. The fraction of sp³-hybridized carbons (Fsp3) is 0.739. The van der Waals surface area contributed by atoms with E-state index in [0.717, 1.165) is 70.7 Å². The van der Waals surface area contributed by atoms with Gasteiger partial charge in [-0.25, -0.2) is 0 Å². The minimum absolute atomic E-state index is 0.0797. The van der Waals surface area contributed by atoms with Crippen LogP contribution in [0.2, 0.25) is 0 Å². The summed E-state index contributed by atoms with van der Waals surface area (Å²) in [5.41, 5.74) is 0.848. The van der Waals surface area contributed by atoms with Gasteiger partial charge in [0.2, 0.25) is 5.91 Å². The highest BCUT2D eigenvalue weighted by Gasteiger charge is 2.42. The number of hydrogen-bond donors (Lipinski definition) is 0. The van der Waals surface area contributed by atoms with E-state index in [1.54, 1.807) is 0 Å². The summed E-state index contributed by atoms with van der Waals surface area (Å²) >= 11 is 0. The van der Waals surface area contributed by atoms with E-state index in [0.29, 0.717) is 17.7 Å². The molecule has 0 aromatic carbocycles. The Morgan fingerprint density at radius 3 is 2.66 bits per heavy atom. The van der Waals surface area contributed by atoms with Crippen LogP contribution in [0.1, 0.15) is 80.2 Å². The number of rotatable bonds is 4. The van der Waals surface area contributed by atoms with Gasteiger partial charge in [0.15, 0.2) is 0 Å². The molecule has 1 aromatic rings. The average molecular weight is 403 g/mol. The van der Waals surface area contributed by atoms with Gasteiger partial charge in [0, 0.05) is 45.1 Å². The molecule has 0 saturated carbocycles. The van der Waals surface area contributed by atoms with Crippen LogP contribution >= 0.6 is 0 Å². The van der Waals surface area contributed by atoms with Gasteiger partial charge in [-0.2, -0.15) is 0 Å². The summed E-state index contributed by atoms with van der Waals surface area (Å²) in [6.07, 6.45) is 5.85. The van der Waals surface area contributed by atoms with E-state index in [9.17, 15) is 9.59 Å². The van der Waals surface area contributed by atoms with Gasteiger partial charge in [0.1, 0.15) is 11.5 Å². The lowest BCUT2D eigenvalue weighted by molar-refractivity contribution is -0.141. The Morgan fingerprint density at radius 2 is 2.03 bits per heavy atom. The quantitative estimate of drug-likeness (QED) is 0.770. The molecule has 0 N–H and O–H groups in total. The second-order valence-electron chi connectivity index (χ2n) is 9.47. The number of piperidine rings is 2. The summed E-state index contributed by atoms with van der Waals surface area (Å²) in [6, 6.07) is 1.91. The fourth-order valence-corrected chi connectivity index (χ4v) is 5.07. The zero-order valence-corrected chi connectivity index (χ0v) is 18.0. The van der Waals surface area contributed by atoms with Gasteiger partial charge in [-0.15, -0.1) is 0 Å². The predicted octanol–water partition coefficient (Wildman–Crippen LogP) is 3.74. The van der Waals surface area contributed by atoms with E-state index in [-0.39, 0.29) is 29.3 Å². The molecule has 0 bridgehead atoms. The Labute approximate surface area is 173 Å². The third-order valence-corrected chi connectivity index (χ3v) is 7.04. The number of amides is 2. The summed E-state index contributed by atoms with van der Waals surface area (Å²) < 4.78 is 11.5. The normalized spacial score (nSPS) is 24.7. The van der Waals surface area contributed by atoms with E-state index >= 15 is 0 Å². The van der Waals surface area contributed by atoms with Gasteiger partial charge in [-0.3, -0.25) is 9.59 Å². The second kappa shape index (κ2) is 8.13. The van der Waals surface area contributed by atoms with Crippen molar-refractivity contribution in [1.29, 1.82) is 0 Å². The molecule has 6 heteroatoms.